The van der Waals surface area contributed by atoms with Crippen molar-refractivity contribution in [2.24, 2.45) is 5.92 Å². The van der Waals surface area contributed by atoms with E-state index in [1.807, 2.05) is 0 Å². The molecule has 1 aromatic heterocycles. The number of aromatic nitrogens is 2. The van der Waals surface area contributed by atoms with E-state index in [2.05, 4.69) is 11.9 Å². The summed E-state index contributed by atoms with van der Waals surface area (Å²) in [5.74, 6) is -1.53. The van der Waals surface area contributed by atoms with E-state index in [0.717, 1.165) is 12.8 Å². The highest BCUT2D eigenvalue weighted by Gasteiger charge is 2.22. The average Bonchev–Trinajstić information content (AvgIpc) is 3.18. The number of rotatable bonds is 17. The van der Waals surface area contributed by atoms with Crippen LogP contribution in [0.3, 0.4) is 0 Å². The molecule has 0 aliphatic carbocycles. The smallest absolute Gasteiger partial charge is 0.304 e. The molecule has 0 bridgehead atoms. The first-order chi connectivity index (χ1) is 13.1. The predicted octanol–water partition coefficient (Wildman–Crippen LogP) is 6.10. The number of unbranched alkanes of at least 4 members (excludes halogenated alkanes) is 12. The second kappa shape index (κ2) is 15.4. The van der Waals surface area contributed by atoms with Crippen molar-refractivity contribution in [2.45, 2.75) is 103 Å². The highest BCUT2D eigenvalue weighted by molar-refractivity contribution is 5.84. The molecule has 0 saturated carbocycles. The van der Waals surface area contributed by atoms with Crippen LogP contribution in [0.4, 0.5) is 0 Å². The van der Waals surface area contributed by atoms with Crippen molar-refractivity contribution in [2.75, 3.05) is 0 Å². The summed E-state index contributed by atoms with van der Waals surface area (Å²) in [4.78, 5) is 27.3. The lowest BCUT2D eigenvalue weighted by Crippen LogP contribution is -2.23. The van der Waals surface area contributed by atoms with Gasteiger partial charge in [-0.05, 0) is 6.42 Å². The zero-order chi connectivity index (χ0) is 19.7. The average molecular weight is 379 g/mol. The number of nitrogens with zero attached hydrogens (tertiary/aromatic N) is 2. The molecule has 1 aromatic rings. The van der Waals surface area contributed by atoms with Crippen molar-refractivity contribution in [3.8, 4) is 0 Å². The van der Waals surface area contributed by atoms with E-state index in [1.165, 1.54) is 81.5 Å². The Morgan fingerprint density at radius 2 is 1.41 bits per heavy atom. The quantitative estimate of drug-likeness (QED) is 0.333. The topological polar surface area (TPSA) is 72.2 Å². The molecule has 1 heterocycles. The van der Waals surface area contributed by atoms with Gasteiger partial charge in [0.15, 0.2) is 0 Å². The highest BCUT2D eigenvalue weighted by atomic mass is 16.4. The molecular weight excluding hydrogens is 340 g/mol. The fourth-order valence-electron chi connectivity index (χ4n) is 3.53. The van der Waals surface area contributed by atoms with Crippen LogP contribution in [-0.2, 0) is 4.79 Å². The van der Waals surface area contributed by atoms with E-state index in [0.29, 0.717) is 6.42 Å². The Hall–Kier alpha value is -1.65. The summed E-state index contributed by atoms with van der Waals surface area (Å²) in [6, 6.07) is 0. The largest absolute Gasteiger partial charge is 0.481 e. The fourth-order valence-corrected chi connectivity index (χ4v) is 3.53. The van der Waals surface area contributed by atoms with Crippen molar-refractivity contribution < 1.29 is 14.7 Å². The predicted molar refractivity (Wildman–Crippen MR) is 109 cm³/mol. The Balaban J connectivity index is 2.04. The maximum Gasteiger partial charge on any atom is 0.304 e. The molecule has 0 aromatic carbocycles. The number of aliphatic carboxylic acids is 1. The van der Waals surface area contributed by atoms with Crippen LogP contribution in [0.2, 0.25) is 0 Å². The molecule has 1 unspecified atom stereocenters. The van der Waals surface area contributed by atoms with Gasteiger partial charge in [-0.3, -0.25) is 14.2 Å². The van der Waals surface area contributed by atoms with Gasteiger partial charge in [-0.2, -0.15) is 0 Å². The minimum atomic E-state index is -0.914. The van der Waals surface area contributed by atoms with E-state index < -0.39 is 11.9 Å². The summed E-state index contributed by atoms with van der Waals surface area (Å²) in [6.07, 6.45) is 21.7. The summed E-state index contributed by atoms with van der Waals surface area (Å²) in [7, 11) is 0. The number of hydrogen-bond donors (Lipinski definition) is 1. The van der Waals surface area contributed by atoms with Gasteiger partial charge in [-0.1, -0.05) is 90.4 Å². The molecule has 0 fully saturated rings. The molecule has 1 N–H and O–H groups in total. The molecular formula is C22H38N2O3. The molecule has 5 nitrogen and oxygen atoms in total. The Morgan fingerprint density at radius 1 is 0.889 bits per heavy atom. The number of carbonyl (C=O) groups excluding carboxylic acids is 1. The summed E-state index contributed by atoms with van der Waals surface area (Å²) in [6.45, 7) is 2.25. The molecule has 154 valence electrons. The van der Waals surface area contributed by atoms with Crippen LogP contribution in [0.1, 0.15) is 108 Å². The van der Waals surface area contributed by atoms with Gasteiger partial charge in [-0.25, -0.2) is 4.98 Å². The molecule has 27 heavy (non-hydrogen) atoms. The van der Waals surface area contributed by atoms with Crippen LogP contribution < -0.4 is 0 Å². The molecule has 0 amide bonds. The van der Waals surface area contributed by atoms with Crippen LogP contribution in [0, 0.1) is 5.92 Å². The number of hydrogen-bond acceptors (Lipinski definition) is 3. The Morgan fingerprint density at radius 3 is 1.85 bits per heavy atom. The summed E-state index contributed by atoms with van der Waals surface area (Å²) >= 11 is 0. The Kier molecular flexibility index (Phi) is 13.4. The van der Waals surface area contributed by atoms with Gasteiger partial charge in [0.2, 0.25) is 5.91 Å². The number of imidazole rings is 1. The lowest BCUT2D eigenvalue weighted by molar-refractivity contribution is -0.137. The third-order valence-electron chi connectivity index (χ3n) is 5.19. The fraction of sp³-hybridized carbons (Fsp3) is 0.773. The molecule has 0 radical (unpaired) electrons. The Bertz CT molecular complexity index is 500. The van der Waals surface area contributed by atoms with E-state index in [4.69, 9.17) is 5.11 Å². The van der Waals surface area contributed by atoms with Crippen LogP contribution in [0.25, 0.3) is 0 Å². The van der Waals surface area contributed by atoms with Crippen molar-refractivity contribution >= 4 is 11.9 Å². The van der Waals surface area contributed by atoms with E-state index in [-0.39, 0.29) is 12.3 Å². The Labute approximate surface area is 164 Å². The van der Waals surface area contributed by atoms with Crippen LogP contribution in [0.5, 0.6) is 0 Å². The number of carbonyl (C=O) groups is 2. The minimum absolute atomic E-state index is 0.102. The standard InChI is InChI=1S/C22H38N2O3/c1-2-3-4-5-6-7-8-9-10-11-12-13-14-15-20(18-21(25)26)22(27)24-17-16-23-19-24/h16-17,19-20H,2-15,18H2,1H3,(H,25,26). The first-order valence-electron chi connectivity index (χ1n) is 10.9. The third kappa shape index (κ3) is 11.6. The number of carboxylic acid groups (broad SMARTS) is 1. The molecule has 0 saturated heterocycles. The van der Waals surface area contributed by atoms with Crippen molar-refractivity contribution in [1.82, 2.24) is 9.55 Å². The van der Waals surface area contributed by atoms with Crippen LogP contribution >= 0.6 is 0 Å². The SMILES string of the molecule is CCCCCCCCCCCCCCCC(CC(=O)O)C(=O)n1ccnc1. The second-order valence-corrected chi connectivity index (χ2v) is 7.63. The van der Waals surface area contributed by atoms with Crippen LogP contribution in [-0.4, -0.2) is 26.5 Å². The number of carboxylic acids is 1. The molecule has 0 aliphatic rings. The molecule has 5 heteroatoms. The van der Waals surface area contributed by atoms with E-state index in [9.17, 15) is 9.59 Å². The molecule has 1 rings (SSSR count). The third-order valence-corrected chi connectivity index (χ3v) is 5.19. The van der Waals surface area contributed by atoms with Gasteiger partial charge < -0.3 is 5.11 Å². The van der Waals surface area contributed by atoms with Crippen molar-refractivity contribution in [1.29, 1.82) is 0 Å². The van der Waals surface area contributed by atoms with Crippen molar-refractivity contribution in [3.05, 3.63) is 18.7 Å². The van der Waals surface area contributed by atoms with E-state index >= 15 is 0 Å². The normalized spacial score (nSPS) is 12.2. The van der Waals surface area contributed by atoms with Crippen LogP contribution in [0.15, 0.2) is 18.7 Å². The minimum Gasteiger partial charge on any atom is -0.481 e. The lowest BCUT2D eigenvalue weighted by Gasteiger charge is -2.13. The van der Waals surface area contributed by atoms with Gasteiger partial charge in [0, 0.05) is 18.3 Å². The zero-order valence-corrected chi connectivity index (χ0v) is 17.1. The summed E-state index contributed by atoms with van der Waals surface area (Å²) in [5.41, 5.74) is 0. The maximum absolute atomic E-state index is 12.4. The monoisotopic (exact) mass is 378 g/mol. The summed E-state index contributed by atoms with van der Waals surface area (Å²) < 4.78 is 1.40. The van der Waals surface area contributed by atoms with Gasteiger partial charge in [0.1, 0.15) is 6.33 Å². The van der Waals surface area contributed by atoms with Gasteiger partial charge >= 0.3 is 5.97 Å². The van der Waals surface area contributed by atoms with Gasteiger partial charge in [0.05, 0.1) is 6.42 Å². The molecule has 0 spiro atoms. The molecule has 0 aliphatic heterocycles. The van der Waals surface area contributed by atoms with E-state index in [1.54, 1.807) is 12.4 Å². The molecule has 1 atom stereocenters. The lowest BCUT2D eigenvalue weighted by atomic mass is 9.96. The van der Waals surface area contributed by atoms with Crippen molar-refractivity contribution in [3.63, 3.8) is 0 Å². The van der Waals surface area contributed by atoms with Gasteiger partial charge in [-0.15, -0.1) is 0 Å². The van der Waals surface area contributed by atoms with Gasteiger partial charge in [0.25, 0.3) is 0 Å². The second-order valence-electron chi connectivity index (χ2n) is 7.63. The highest BCUT2D eigenvalue weighted by Crippen LogP contribution is 2.18. The first kappa shape index (κ1) is 23.4. The zero-order valence-electron chi connectivity index (χ0n) is 17.1. The maximum atomic E-state index is 12.4. The first-order valence-corrected chi connectivity index (χ1v) is 10.9. The summed E-state index contributed by atoms with van der Waals surface area (Å²) in [5, 5.41) is 9.06.